The number of alkyl halides is 1. The molecule has 1 aromatic heterocycles. The van der Waals surface area contributed by atoms with Crippen LogP contribution in [0.2, 0.25) is 0 Å². The summed E-state index contributed by atoms with van der Waals surface area (Å²) in [6.45, 7) is 0. The van der Waals surface area contributed by atoms with Gasteiger partial charge in [0.25, 0.3) is 5.56 Å². The normalized spacial score (nSPS) is 17.7. The molecule has 1 aromatic rings. The third-order valence-electron chi connectivity index (χ3n) is 2.52. The Labute approximate surface area is 92.6 Å². The fourth-order valence-corrected chi connectivity index (χ4v) is 1.80. The van der Waals surface area contributed by atoms with Gasteiger partial charge in [0.05, 0.1) is 11.6 Å². The molecule has 0 spiro atoms. The highest BCUT2D eigenvalue weighted by Crippen LogP contribution is 2.41. The van der Waals surface area contributed by atoms with E-state index in [9.17, 15) is 4.79 Å². The maximum absolute atomic E-state index is 11.3. The van der Waals surface area contributed by atoms with Crippen LogP contribution in [0.4, 0.5) is 0 Å². The van der Waals surface area contributed by atoms with Crippen LogP contribution in [0.25, 0.3) is 0 Å². The van der Waals surface area contributed by atoms with Gasteiger partial charge in [0.15, 0.2) is 0 Å². The largest absolute Gasteiger partial charge is 0.373 e. The van der Waals surface area contributed by atoms with Crippen LogP contribution >= 0.6 is 11.6 Å². The highest BCUT2D eigenvalue weighted by atomic mass is 35.5. The van der Waals surface area contributed by atoms with E-state index in [4.69, 9.17) is 16.3 Å². The molecule has 1 atom stereocenters. The minimum atomic E-state index is -0.168. The van der Waals surface area contributed by atoms with E-state index in [1.807, 2.05) is 0 Å². The maximum atomic E-state index is 11.3. The smallest absolute Gasteiger partial charge is 0.251 e. The van der Waals surface area contributed by atoms with Gasteiger partial charge in [-0.2, -0.15) is 0 Å². The van der Waals surface area contributed by atoms with Crippen molar-refractivity contribution in [3.05, 3.63) is 27.9 Å². The van der Waals surface area contributed by atoms with Gasteiger partial charge in [-0.15, -0.1) is 11.6 Å². The predicted octanol–water partition coefficient (Wildman–Crippen LogP) is 1.61. The van der Waals surface area contributed by atoms with Crippen molar-refractivity contribution in [1.82, 2.24) is 9.97 Å². The second kappa shape index (κ2) is 4.33. The van der Waals surface area contributed by atoms with E-state index in [1.54, 1.807) is 7.11 Å². The Morgan fingerprint density at radius 3 is 3.00 bits per heavy atom. The molecule has 1 saturated carbocycles. The van der Waals surface area contributed by atoms with Crippen molar-refractivity contribution in [3.63, 3.8) is 0 Å². The standard InChI is InChI=1S/C10H13ClN2O2/c1-15-9(6-2-3-6)10-12-7(5-11)4-8(14)13-10/h4,6,9H,2-3,5H2,1H3,(H,12,13,14). The maximum Gasteiger partial charge on any atom is 0.251 e. The van der Waals surface area contributed by atoms with E-state index in [0.29, 0.717) is 17.4 Å². The van der Waals surface area contributed by atoms with Crippen molar-refractivity contribution < 1.29 is 4.74 Å². The van der Waals surface area contributed by atoms with Crippen molar-refractivity contribution in [2.24, 2.45) is 5.92 Å². The third-order valence-corrected chi connectivity index (χ3v) is 2.80. The number of hydrogen-bond donors (Lipinski definition) is 1. The summed E-state index contributed by atoms with van der Waals surface area (Å²) in [6, 6.07) is 1.41. The van der Waals surface area contributed by atoms with Crippen LogP contribution in [-0.2, 0) is 10.6 Å². The molecule has 1 aliphatic carbocycles. The Balaban J connectivity index is 2.32. The molecule has 15 heavy (non-hydrogen) atoms. The van der Waals surface area contributed by atoms with Gasteiger partial charge in [-0.25, -0.2) is 4.98 Å². The highest BCUT2D eigenvalue weighted by Gasteiger charge is 2.34. The molecule has 1 aliphatic rings. The number of halogens is 1. The van der Waals surface area contributed by atoms with E-state index in [2.05, 4.69) is 9.97 Å². The van der Waals surface area contributed by atoms with Crippen LogP contribution in [0.5, 0.6) is 0 Å². The molecule has 82 valence electrons. The van der Waals surface area contributed by atoms with Crippen LogP contribution < -0.4 is 5.56 Å². The zero-order chi connectivity index (χ0) is 10.8. The summed E-state index contributed by atoms with van der Waals surface area (Å²) in [5.41, 5.74) is 0.427. The van der Waals surface area contributed by atoms with E-state index < -0.39 is 0 Å². The van der Waals surface area contributed by atoms with Gasteiger partial charge in [-0.1, -0.05) is 0 Å². The van der Waals surface area contributed by atoms with Gasteiger partial charge in [-0.05, 0) is 18.8 Å². The average molecular weight is 229 g/mol. The summed E-state index contributed by atoms with van der Waals surface area (Å²) in [6.07, 6.45) is 2.17. The molecule has 0 bridgehead atoms. The van der Waals surface area contributed by atoms with Crippen molar-refractivity contribution in [2.45, 2.75) is 24.8 Å². The lowest BCUT2D eigenvalue weighted by molar-refractivity contribution is 0.0768. The van der Waals surface area contributed by atoms with E-state index in [-0.39, 0.29) is 17.5 Å². The molecular formula is C10H13ClN2O2. The zero-order valence-corrected chi connectivity index (χ0v) is 9.25. The van der Waals surface area contributed by atoms with Gasteiger partial charge < -0.3 is 9.72 Å². The Hall–Kier alpha value is -0.870. The summed E-state index contributed by atoms with van der Waals surface area (Å²) in [5, 5.41) is 0. The van der Waals surface area contributed by atoms with E-state index >= 15 is 0 Å². The highest BCUT2D eigenvalue weighted by molar-refractivity contribution is 6.16. The third kappa shape index (κ3) is 2.38. The zero-order valence-electron chi connectivity index (χ0n) is 8.50. The number of ether oxygens (including phenoxy) is 1. The summed E-state index contributed by atoms with van der Waals surface area (Å²) in [4.78, 5) is 18.3. The Morgan fingerprint density at radius 2 is 2.47 bits per heavy atom. The molecule has 1 N–H and O–H groups in total. The summed E-state index contributed by atoms with van der Waals surface area (Å²) < 4.78 is 5.34. The molecule has 1 unspecified atom stereocenters. The Kier molecular flexibility index (Phi) is 3.07. The number of nitrogens with zero attached hydrogens (tertiary/aromatic N) is 1. The predicted molar refractivity (Wildman–Crippen MR) is 56.9 cm³/mol. The van der Waals surface area contributed by atoms with Crippen molar-refractivity contribution in [1.29, 1.82) is 0 Å². The van der Waals surface area contributed by atoms with Crippen molar-refractivity contribution in [2.75, 3.05) is 7.11 Å². The lowest BCUT2D eigenvalue weighted by Gasteiger charge is -2.13. The van der Waals surface area contributed by atoms with E-state index in [0.717, 1.165) is 12.8 Å². The SMILES string of the molecule is COC(c1nc(CCl)cc(=O)[nH]1)C1CC1. The first-order chi connectivity index (χ1) is 7.24. The summed E-state index contributed by atoms with van der Waals surface area (Å²) in [5.74, 6) is 1.34. The molecular weight excluding hydrogens is 216 g/mol. The minimum absolute atomic E-state index is 0.0964. The number of aromatic amines is 1. The van der Waals surface area contributed by atoms with Gasteiger partial charge in [0.2, 0.25) is 0 Å². The first kappa shape index (κ1) is 10.6. The number of methoxy groups -OCH3 is 1. The molecule has 0 aromatic carbocycles. The molecule has 5 heteroatoms. The number of nitrogens with one attached hydrogen (secondary N) is 1. The number of H-pyrrole nitrogens is 1. The van der Waals surface area contributed by atoms with Crippen molar-refractivity contribution >= 4 is 11.6 Å². The van der Waals surface area contributed by atoms with Crippen LogP contribution in [-0.4, -0.2) is 17.1 Å². The summed E-state index contributed by atoms with van der Waals surface area (Å²) in [7, 11) is 1.64. The molecule has 2 rings (SSSR count). The number of rotatable bonds is 4. The lowest BCUT2D eigenvalue weighted by Crippen LogP contribution is -2.17. The Bertz CT molecular complexity index is 401. The molecule has 1 fully saturated rings. The second-order valence-corrected chi connectivity index (χ2v) is 4.02. The molecule has 0 aliphatic heterocycles. The molecule has 1 heterocycles. The van der Waals surface area contributed by atoms with Crippen LogP contribution in [0.3, 0.4) is 0 Å². The monoisotopic (exact) mass is 228 g/mol. The topological polar surface area (TPSA) is 55.0 Å². The van der Waals surface area contributed by atoms with Crippen LogP contribution in [0, 0.1) is 5.92 Å². The summed E-state index contributed by atoms with van der Waals surface area (Å²) >= 11 is 5.66. The minimum Gasteiger partial charge on any atom is -0.373 e. The van der Waals surface area contributed by atoms with Crippen molar-refractivity contribution in [3.8, 4) is 0 Å². The molecule has 4 nitrogen and oxygen atoms in total. The number of hydrogen-bond acceptors (Lipinski definition) is 3. The first-order valence-electron chi connectivity index (χ1n) is 4.93. The second-order valence-electron chi connectivity index (χ2n) is 3.75. The van der Waals surface area contributed by atoms with Gasteiger partial charge in [-0.3, -0.25) is 4.79 Å². The Morgan fingerprint density at radius 1 is 1.73 bits per heavy atom. The molecule has 0 amide bonds. The number of aromatic nitrogens is 2. The quantitative estimate of drug-likeness (QED) is 0.797. The fraction of sp³-hybridized carbons (Fsp3) is 0.600. The fourth-order valence-electron chi connectivity index (χ4n) is 1.66. The van der Waals surface area contributed by atoms with Gasteiger partial charge in [0.1, 0.15) is 11.9 Å². The lowest BCUT2D eigenvalue weighted by atomic mass is 10.2. The molecule has 0 radical (unpaired) electrons. The first-order valence-corrected chi connectivity index (χ1v) is 5.47. The average Bonchev–Trinajstić information content (AvgIpc) is 3.02. The van der Waals surface area contributed by atoms with E-state index in [1.165, 1.54) is 6.07 Å². The van der Waals surface area contributed by atoms with Crippen LogP contribution in [0.1, 0.15) is 30.5 Å². The van der Waals surface area contributed by atoms with Crippen LogP contribution in [0.15, 0.2) is 10.9 Å². The molecule has 0 saturated heterocycles. The van der Waals surface area contributed by atoms with Gasteiger partial charge in [0, 0.05) is 13.2 Å². The van der Waals surface area contributed by atoms with Gasteiger partial charge >= 0.3 is 0 Å².